The maximum atomic E-state index is 13.8. The number of nitrogens with zero attached hydrogens (tertiary/aromatic N) is 2. The minimum atomic E-state index is -3.10. The van der Waals surface area contributed by atoms with Crippen LogP contribution in [0.5, 0.6) is 0 Å². The quantitative estimate of drug-likeness (QED) is 0.333. The third-order valence-corrected chi connectivity index (χ3v) is 6.78. The maximum absolute atomic E-state index is 13.8. The summed E-state index contributed by atoms with van der Waals surface area (Å²) in [4.78, 5) is 3.27. The van der Waals surface area contributed by atoms with Gasteiger partial charge < -0.3 is 0 Å². The van der Waals surface area contributed by atoms with Crippen molar-refractivity contribution in [3.63, 3.8) is 0 Å². The van der Waals surface area contributed by atoms with Gasteiger partial charge >= 0.3 is 0 Å². The molecule has 7 heteroatoms. The minimum absolute atomic E-state index is 0.0654. The highest BCUT2D eigenvalue weighted by Gasteiger charge is 2.29. The van der Waals surface area contributed by atoms with Gasteiger partial charge in [0.1, 0.15) is 6.67 Å². The van der Waals surface area contributed by atoms with Crippen molar-refractivity contribution in [3.05, 3.63) is 52.4 Å². The van der Waals surface area contributed by atoms with Gasteiger partial charge in [-0.1, -0.05) is 0 Å². The highest BCUT2D eigenvalue weighted by Crippen LogP contribution is 2.48. The lowest BCUT2D eigenvalue weighted by Gasteiger charge is -2.12. The summed E-state index contributed by atoms with van der Waals surface area (Å²) in [5.41, 5.74) is 0.271. The number of halogens is 3. The van der Waals surface area contributed by atoms with Gasteiger partial charge in [0.05, 0.1) is 27.6 Å². The van der Waals surface area contributed by atoms with Gasteiger partial charge in [0, 0.05) is 32.8 Å². The molecule has 0 aliphatic heterocycles. The van der Waals surface area contributed by atoms with Crippen molar-refractivity contribution < 1.29 is 13.2 Å². The molecule has 0 aliphatic carbocycles. The van der Waals surface area contributed by atoms with Crippen molar-refractivity contribution in [2.75, 3.05) is 0 Å². The van der Waals surface area contributed by atoms with Crippen LogP contribution in [0.4, 0.5) is 18.9 Å². The zero-order valence-electron chi connectivity index (χ0n) is 13.4. The van der Waals surface area contributed by atoms with Crippen LogP contribution in [-0.4, -0.2) is 0 Å². The summed E-state index contributed by atoms with van der Waals surface area (Å²) in [7, 11) is 0. The predicted octanol–water partition coefficient (Wildman–Crippen LogP) is 7.27. The Bertz CT molecular complexity index is 1280. The predicted molar refractivity (Wildman–Crippen MR) is 100 cm³/mol. The number of alkyl halides is 3. The normalized spacial score (nSPS) is 11.9. The molecule has 0 saturated carbocycles. The van der Waals surface area contributed by atoms with Crippen molar-refractivity contribution in [2.45, 2.75) is 19.5 Å². The molecule has 0 radical (unpaired) electrons. The zero-order valence-corrected chi connectivity index (χ0v) is 15.0. The van der Waals surface area contributed by atoms with Crippen LogP contribution in [0.2, 0.25) is 0 Å². The van der Waals surface area contributed by atoms with E-state index in [1.807, 2.05) is 6.07 Å². The van der Waals surface area contributed by atoms with E-state index in [1.54, 1.807) is 12.1 Å². The molecule has 2 aromatic heterocycles. The molecule has 4 rings (SSSR count). The van der Waals surface area contributed by atoms with Crippen molar-refractivity contribution in [1.82, 2.24) is 0 Å². The van der Waals surface area contributed by atoms with Crippen LogP contribution in [0, 0.1) is 17.9 Å². The van der Waals surface area contributed by atoms with Crippen LogP contribution >= 0.6 is 22.7 Å². The lowest BCUT2D eigenvalue weighted by Crippen LogP contribution is -2.06. The molecule has 4 aromatic rings. The fourth-order valence-corrected chi connectivity index (χ4v) is 5.74. The highest BCUT2D eigenvalue weighted by atomic mass is 32.1. The monoisotopic (exact) mass is 386 g/mol. The number of hydrogen-bond donors (Lipinski definition) is 0. The van der Waals surface area contributed by atoms with Gasteiger partial charge in [0.15, 0.2) is 5.69 Å². The van der Waals surface area contributed by atoms with E-state index in [0.29, 0.717) is 10.3 Å². The molecule has 2 heterocycles. The first-order valence-electron chi connectivity index (χ1n) is 7.55. The first-order chi connectivity index (χ1) is 12.4. The molecule has 0 spiro atoms. The molecule has 2 aromatic carbocycles. The summed E-state index contributed by atoms with van der Waals surface area (Å²) >= 11 is 2.77. The Balaban J connectivity index is 2.11. The average Bonchev–Trinajstić information content (AvgIpc) is 3.13. The Hall–Kier alpha value is -2.61. The largest absolute Gasteiger partial charge is 0.261 e. The number of rotatable bonds is 2. The van der Waals surface area contributed by atoms with Crippen molar-refractivity contribution in [3.8, 4) is 6.07 Å². The Kier molecular flexibility index (Phi) is 3.69. The van der Waals surface area contributed by atoms with E-state index >= 15 is 0 Å². The summed E-state index contributed by atoms with van der Waals surface area (Å²) in [6.07, 6.45) is 0. The van der Waals surface area contributed by atoms with Gasteiger partial charge in [-0.05, 0) is 29.7 Å². The van der Waals surface area contributed by atoms with E-state index in [4.69, 9.17) is 6.57 Å². The number of hydrogen-bond acceptors (Lipinski definition) is 3. The second-order valence-electron chi connectivity index (χ2n) is 5.98. The van der Waals surface area contributed by atoms with E-state index in [-0.39, 0.29) is 16.8 Å². The summed E-state index contributed by atoms with van der Waals surface area (Å²) in [6, 6.07) is 8.22. The van der Waals surface area contributed by atoms with E-state index in [1.165, 1.54) is 34.8 Å². The fourth-order valence-electron chi connectivity index (χ4n) is 3.04. The lowest BCUT2D eigenvalue weighted by atomic mass is 10.1. The van der Waals surface area contributed by atoms with Crippen LogP contribution in [0.1, 0.15) is 23.6 Å². The molecular formula is C19H9F3N2S2. The Morgan fingerprint density at radius 2 is 1.73 bits per heavy atom. The number of nitriles is 1. The van der Waals surface area contributed by atoms with Crippen LogP contribution in [-0.2, 0) is 12.6 Å². The van der Waals surface area contributed by atoms with Crippen molar-refractivity contribution in [1.29, 1.82) is 5.26 Å². The number of benzene rings is 2. The topological polar surface area (TPSA) is 28.1 Å². The highest BCUT2D eigenvalue weighted by molar-refractivity contribution is 7.36. The molecule has 0 aliphatic rings. The molecule has 0 fully saturated rings. The first kappa shape index (κ1) is 16.8. The SMILES string of the molecule is [C-]#[N+]c1cc2c(cc1C(C)(F)F)sc1c3cc(C#N)c(CF)cc3sc21. The molecule has 0 amide bonds. The molecule has 0 atom stereocenters. The second kappa shape index (κ2) is 5.70. The smallest absolute Gasteiger partial charge is 0.246 e. The first-order valence-corrected chi connectivity index (χ1v) is 9.18. The molecule has 0 bridgehead atoms. The fraction of sp³-hybridized carbons (Fsp3) is 0.158. The maximum Gasteiger partial charge on any atom is 0.261 e. The Labute approximate surface area is 154 Å². The minimum Gasteiger partial charge on any atom is -0.246 e. The van der Waals surface area contributed by atoms with Crippen LogP contribution in [0.3, 0.4) is 0 Å². The van der Waals surface area contributed by atoms with Gasteiger partial charge in [-0.2, -0.15) is 5.26 Å². The number of thiophene rings is 2. The molecule has 0 unspecified atom stereocenters. The second-order valence-corrected chi connectivity index (χ2v) is 8.08. The Morgan fingerprint density at radius 1 is 1.12 bits per heavy atom. The molecular weight excluding hydrogens is 377 g/mol. The number of fused-ring (bicyclic) bond motifs is 5. The molecule has 26 heavy (non-hydrogen) atoms. The van der Waals surface area contributed by atoms with E-state index in [9.17, 15) is 18.4 Å². The third kappa shape index (κ3) is 2.36. The van der Waals surface area contributed by atoms with Gasteiger partial charge in [0.2, 0.25) is 0 Å². The Morgan fingerprint density at radius 3 is 2.27 bits per heavy atom. The summed E-state index contributed by atoms with van der Waals surface area (Å²) < 4.78 is 44.1. The van der Waals surface area contributed by atoms with E-state index in [2.05, 4.69) is 4.85 Å². The zero-order chi connectivity index (χ0) is 18.6. The lowest BCUT2D eigenvalue weighted by molar-refractivity contribution is 0.0185. The van der Waals surface area contributed by atoms with Crippen molar-refractivity contribution >= 4 is 57.9 Å². The van der Waals surface area contributed by atoms with Crippen LogP contribution < -0.4 is 0 Å². The van der Waals surface area contributed by atoms with E-state index < -0.39 is 12.6 Å². The summed E-state index contributed by atoms with van der Waals surface area (Å²) in [6.45, 7) is 7.30. The molecule has 0 saturated heterocycles. The van der Waals surface area contributed by atoms with Gasteiger partial charge in [-0.15, -0.1) is 22.7 Å². The van der Waals surface area contributed by atoms with Gasteiger partial charge in [-0.25, -0.2) is 18.0 Å². The van der Waals surface area contributed by atoms with Gasteiger partial charge in [0.25, 0.3) is 5.92 Å². The van der Waals surface area contributed by atoms with Crippen molar-refractivity contribution in [2.24, 2.45) is 0 Å². The molecule has 2 nitrogen and oxygen atoms in total. The summed E-state index contributed by atoms with van der Waals surface area (Å²) in [5, 5.41) is 10.8. The van der Waals surface area contributed by atoms with E-state index in [0.717, 1.165) is 31.8 Å². The average molecular weight is 386 g/mol. The van der Waals surface area contributed by atoms with Crippen LogP contribution in [0.15, 0.2) is 24.3 Å². The molecule has 0 N–H and O–H groups in total. The standard InChI is InChI=1S/C19H9F3N2S2/c1-19(21,22)13-6-16-12(5-14(13)24-2)18-17(26-16)11-3-10(8-23)9(7-20)4-15(11)25-18/h3-6H,7H2,1H3. The third-order valence-electron chi connectivity index (χ3n) is 4.28. The van der Waals surface area contributed by atoms with Gasteiger partial charge in [-0.3, -0.25) is 0 Å². The summed E-state index contributed by atoms with van der Waals surface area (Å²) in [5.74, 6) is -3.10. The van der Waals surface area contributed by atoms with Crippen LogP contribution in [0.25, 0.3) is 34.4 Å². The molecule has 128 valence electrons.